The minimum absolute atomic E-state index is 0.0528. The van der Waals surface area contributed by atoms with Crippen molar-refractivity contribution in [3.8, 4) is 0 Å². The number of amides is 4. The number of ether oxygens (including phenoxy) is 6. The van der Waals surface area contributed by atoms with Gasteiger partial charge in [-0.05, 0) is 24.3 Å². The van der Waals surface area contributed by atoms with Crippen LogP contribution in [-0.2, 0) is 38.1 Å². The van der Waals surface area contributed by atoms with Crippen molar-refractivity contribution < 1.29 is 67.5 Å². The molecule has 2 heterocycles. The molecule has 16 heteroatoms. The Bertz CT molecular complexity index is 1180. The Balaban J connectivity index is 1.27. The number of benzene rings is 2. The molecule has 0 saturated carbocycles. The predicted molar refractivity (Wildman–Crippen MR) is 156 cm³/mol. The third kappa shape index (κ3) is 8.89. The zero-order valence-corrected chi connectivity index (χ0v) is 25.3. The number of carbonyl (C=O) groups is 4. The summed E-state index contributed by atoms with van der Waals surface area (Å²) in [4.78, 5) is 64.0. The van der Waals surface area contributed by atoms with Gasteiger partial charge in [-0.2, -0.15) is 0 Å². The van der Waals surface area contributed by atoms with Crippen LogP contribution in [0.3, 0.4) is 0 Å². The maximum Gasteiger partial charge on any atom is 0.285 e. The normalized spacial score (nSPS) is 14.3. The molecule has 0 aromatic heterocycles. The average Bonchev–Trinajstić information content (AvgIpc) is 3.06. The van der Waals surface area contributed by atoms with Crippen LogP contribution in [0.5, 0.6) is 0 Å². The first-order chi connectivity index (χ1) is 22.5. The van der Waals surface area contributed by atoms with Gasteiger partial charge in [-0.15, -0.1) is 10.1 Å². The first-order valence-corrected chi connectivity index (χ1v) is 14.8. The van der Waals surface area contributed by atoms with E-state index in [1.807, 2.05) is 0 Å². The van der Waals surface area contributed by atoms with Crippen LogP contribution in [0.1, 0.15) is 41.4 Å². The van der Waals surface area contributed by atoms with Gasteiger partial charge in [0.05, 0.1) is 128 Å². The fourth-order valence-corrected chi connectivity index (χ4v) is 4.65. The molecule has 0 bridgehead atoms. The molecule has 0 saturated heterocycles. The number of nitrogens with zero attached hydrogens (tertiary/aromatic N) is 2. The molecular weight excluding hydrogens is 612 g/mol. The van der Waals surface area contributed by atoms with Gasteiger partial charge in [0, 0.05) is 10.8 Å². The van der Waals surface area contributed by atoms with Gasteiger partial charge in [0.15, 0.2) is 0 Å². The number of aliphatic hydroxyl groups is 2. The molecule has 0 aliphatic carbocycles. The monoisotopic (exact) mass is 650 g/mol. The second kappa shape index (κ2) is 18.7. The van der Waals surface area contributed by atoms with Crippen LogP contribution >= 0.6 is 0 Å². The SMILES string of the molecule is O=C1c2ccc3c4c(ccc(c24)C(=O)N1OCCOCCOCCOCCO)C(=O)N(OCCOCCOCCOCCO)C3=O. The predicted octanol–water partition coefficient (Wildman–Crippen LogP) is -0.0208. The lowest BCUT2D eigenvalue weighted by molar-refractivity contribution is -0.112. The topological polar surface area (TPSA) is 189 Å². The summed E-state index contributed by atoms with van der Waals surface area (Å²) in [6.45, 7) is 2.90. The molecule has 4 amide bonds. The second-order valence-electron chi connectivity index (χ2n) is 9.67. The Morgan fingerprint density at radius 2 is 0.630 bits per heavy atom. The van der Waals surface area contributed by atoms with Crippen LogP contribution in [0.25, 0.3) is 10.8 Å². The van der Waals surface area contributed by atoms with E-state index in [1.165, 1.54) is 24.3 Å². The Hall–Kier alpha value is -3.42. The lowest BCUT2D eigenvalue weighted by Gasteiger charge is -2.30. The molecule has 0 radical (unpaired) electrons. The van der Waals surface area contributed by atoms with E-state index in [2.05, 4.69) is 0 Å². The molecule has 0 atom stereocenters. The van der Waals surface area contributed by atoms with Crippen molar-refractivity contribution in [1.82, 2.24) is 10.1 Å². The molecule has 252 valence electrons. The lowest BCUT2D eigenvalue weighted by Crippen LogP contribution is -2.43. The van der Waals surface area contributed by atoms with E-state index in [1.54, 1.807) is 0 Å². The minimum atomic E-state index is -0.732. The summed E-state index contributed by atoms with van der Waals surface area (Å²) in [6, 6.07) is 5.66. The maximum atomic E-state index is 13.3. The molecule has 2 aliphatic heterocycles. The third-order valence-corrected chi connectivity index (χ3v) is 6.68. The molecule has 2 aromatic rings. The van der Waals surface area contributed by atoms with Crippen LogP contribution in [0.4, 0.5) is 0 Å². The van der Waals surface area contributed by atoms with Crippen LogP contribution in [-0.4, -0.2) is 150 Å². The molecule has 16 nitrogen and oxygen atoms in total. The van der Waals surface area contributed by atoms with Crippen molar-refractivity contribution in [1.29, 1.82) is 0 Å². The summed E-state index contributed by atoms with van der Waals surface area (Å²) in [6.07, 6.45) is 0. The average molecular weight is 651 g/mol. The van der Waals surface area contributed by atoms with Crippen molar-refractivity contribution >= 4 is 34.4 Å². The maximum absolute atomic E-state index is 13.3. The first kappa shape index (κ1) is 35.4. The van der Waals surface area contributed by atoms with Crippen molar-refractivity contribution in [2.24, 2.45) is 0 Å². The second-order valence-corrected chi connectivity index (χ2v) is 9.67. The van der Waals surface area contributed by atoms with Gasteiger partial charge in [0.25, 0.3) is 23.6 Å². The van der Waals surface area contributed by atoms with Crippen LogP contribution in [0, 0.1) is 0 Å². The molecule has 4 rings (SSSR count). The van der Waals surface area contributed by atoms with Gasteiger partial charge < -0.3 is 38.6 Å². The summed E-state index contributed by atoms with van der Waals surface area (Å²) in [5.74, 6) is -2.93. The number of hydrogen-bond acceptors (Lipinski definition) is 14. The van der Waals surface area contributed by atoms with E-state index < -0.39 is 23.6 Å². The van der Waals surface area contributed by atoms with Gasteiger partial charge in [0.2, 0.25) is 0 Å². The molecule has 2 aromatic carbocycles. The third-order valence-electron chi connectivity index (χ3n) is 6.68. The Kier molecular flexibility index (Phi) is 14.4. The van der Waals surface area contributed by atoms with Crippen LogP contribution in [0.2, 0.25) is 0 Å². The highest BCUT2D eigenvalue weighted by Crippen LogP contribution is 2.37. The number of hydrogen-bond donors (Lipinski definition) is 2. The van der Waals surface area contributed by atoms with Gasteiger partial charge >= 0.3 is 0 Å². The number of rotatable bonds is 24. The van der Waals surface area contributed by atoms with Crippen molar-refractivity contribution in [3.05, 3.63) is 46.5 Å². The highest BCUT2D eigenvalue weighted by atomic mass is 16.7. The van der Waals surface area contributed by atoms with E-state index in [0.29, 0.717) is 49.8 Å². The lowest BCUT2D eigenvalue weighted by atomic mass is 9.87. The number of hydroxylamine groups is 4. The summed E-state index contributed by atoms with van der Waals surface area (Å²) in [5, 5.41) is 19.0. The summed E-state index contributed by atoms with van der Waals surface area (Å²) in [7, 11) is 0. The van der Waals surface area contributed by atoms with E-state index >= 15 is 0 Å². The fourth-order valence-electron chi connectivity index (χ4n) is 4.65. The molecule has 46 heavy (non-hydrogen) atoms. The van der Waals surface area contributed by atoms with E-state index in [9.17, 15) is 19.2 Å². The quantitative estimate of drug-likeness (QED) is 0.114. The standard InChI is InChI=1S/C30H38N2O14/c33-5-7-39-9-11-41-13-15-43-17-19-45-31-27(35)21-1-2-22-26-24(4-3-23(25(21)26)29(31)37)30(38)32(28(22)36)46-20-18-44-16-14-42-12-10-40-8-6-34/h1-4,33-34H,5-20H2. The van der Waals surface area contributed by atoms with E-state index in [4.69, 9.17) is 48.3 Å². The van der Waals surface area contributed by atoms with Gasteiger partial charge in [0.1, 0.15) is 0 Å². The highest BCUT2D eigenvalue weighted by molar-refractivity contribution is 6.32. The number of imide groups is 2. The smallest absolute Gasteiger partial charge is 0.285 e. The summed E-state index contributed by atoms with van der Waals surface area (Å²) < 4.78 is 31.6. The number of aliphatic hydroxyl groups excluding tert-OH is 2. The molecular formula is C30H38N2O14. The van der Waals surface area contributed by atoms with Gasteiger partial charge in [-0.1, -0.05) is 0 Å². The largest absolute Gasteiger partial charge is 0.394 e. The Morgan fingerprint density at radius 3 is 0.891 bits per heavy atom. The van der Waals surface area contributed by atoms with Crippen molar-refractivity contribution in [3.63, 3.8) is 0 Å². The zero-order valence-electron chi connectivity index (χ0n) is 25.3. The van der Waals surface area contributed by atoms with Gasteiger partial charge in [-0.25, -0.2) is 0 Å². The highest BCUT2D eigenvalue weighted by Gasteiger charge is 2.40. The molecule has 0 unspecified atom stereocenters. The number of carbonyl (C=O) groups excluding carboxylic acids is 4. The summed E-state index contributed by atoms with van der Waals surface area (Å²) >= 11 is 0. The Labute approximate surface area is 264 Å². The fraction of sp³-hybridized carbons (Fsp3) is 0.533. The molecule has 2 aliphatic rings. The first-order valence-electron chi connectivity index (χ1n) is 14.8. The summed E-state index contributed by atoms with van der Waals surface area (Å²) in [5.41, 5.74) is 0.439. The molecule has 0 spiro atoms. The minimum Gasteiger partial charge on any atom is -0.394 e. The van der Waals surface area contributed by atoms with Crippen molar-refractivity contribution in [2.75, 3.05) is 106 Å². The van der Waals surface area contributed by atoms with Crippen LogP contribution in [0.15, 0.2) is 24.3 Å². The zero-order chi connectivity index (χ0) is 32.7. The molecule has 2 N–H and O–H groups in total. The Morgan fingerprint density at radius 1 is 0.391 bits per heavy atom. The van der Waals surface area contributed by atoms with E-state index in [0.717, 1.165) is 0 Å². The van der Waals surface area contributed by atoms with Crippen molar-refractivity contribution in [2.45, 2.75) is 0 Å². The van der Waals surface area contributed by atoms with E-state index in [-0.39, 0.29) is 99.1 Å². The van der Waals surface area contributed by atoms with Gasteiger partial charge in [-0.3, -0.25) is 28.9 Å². The van der Waals surface area contributed by atoms with Crippen LogP contribution < -0.4 is 0 Å². The molecule has 0 fully saturated rings.